The fourth-order valence-corrected chi connectivity index (χ4v) is 5.10. The molecule has 0 bridgehead atoms. The molecule has 1 aliphatic rings. The Morgan fingerprint density at radius 1 is 1.45 bits per heavy atom. The van der Waals surface area contributed by atoms with Crippen molar-refractivity contribution in [1.29, 1.82) is 0 Å². The van der Waals surface area contributed by atoms with Crippen molar-refractivity contribution < 1.29 is 8.42 Å². The van der Waals surface area contributed by atoms with Crippen molar-refractivity contribution in [3.05, 3.63) is 16.3 Å². The van der Waals surface area contributed by atoms with Crippen molar-refractivity contribution in [2.24, 2.45) is 0 Å². The van der Waals surface area contributed by atoms with Crippen molar-refractivity contribution in [1.82, 2.24) is 9.62 Å². The molecule has 0 aliphatic heterocycles. The molecular formula is C14H24N2O2S2. The summed E-state index contributed by atoms with van der Waals surface area (Å²) in [4.78, 5) is 1.54. The maximum Gasteiger partial charge on any atom is 0.244 e. The molecule has 0 aromatic carbocycles. The van der Waals surface area contributed by atoms with E-state index in [-0.39, 0.29) is 6.04 Å². The molecule has 1 heterocycles. The van der Waals surface area contributed by atoms with Gasteiger partial charge in [0, 0.05) is 35.4 Å². The van der Waals surface area contributed by atoms with Gasteiger partial charge in [0.1, 0.15) is 0 Å². The van der Waals surface area contributed by atoms with Crippen LogP contribution in [0.1, 0.15) is 44.9 Å². The molecule has 1 saturated carbocycles. The van der Waals surface area contributed by atoms with Gasteiger partial charge in [0.15, 0.2) is 0 Å². The van der Waals surface area contributed by atoms with E-state index in [4.69, 9.17) is 0 Å². The third-order valence-electron chi connectivity index (χ3n) is 3.32. The third kappa shape index (κ3) is 3.81. The van der Waals surface area contributed by atoms with Gasteiger partial charge in [-0.1, -0.05) is 20.8 Å². The minimum atomic E-state index is -3.30. The highest BCUT2D eigenvalue weighted by atomic mass is 32.2. The molecule has 114 valence electrons. The smallest absolute Gasteiger partial charge is 0.244 e. The number of thiophene rings is 1. The van der Waals surface area contributed by atoms with Crippen LogP contribution in [-0.2, 0) is 16.6 Å². The topological polar surface area (TPSA) is 49.4 Å². The SMILES string of the molecule is CCCN(C1CC1)S(=O)(=O)c1csc(CNC(C)C)c1. The molecule has 0 spiro atoms. The first-order valence-corrected chi connectivity index (χ1v) is 9.59. The highest BCUT2D eigenvalue weighted by Gasteiger charge is 2.37. The Bertz CT molecular complexity index is 533. The van der Waals surface area contributed by atoms with E-state index in [2.05, 4.69) is 19.2 Å². The zero-order valence-electron chi connectivity index (χ0n) is 12.4. The zero-order valence-corrected chi connectivity index (χ0v) is 14.1. The van der Waals surface area contributed by atoms with Gasteiger partial charge in [-0.15, -0.1) is 11.3 Å². The molecule has 0 amide bonds. The average molecular weight is 316 g/mol. The number of sulfonamides is 1. The van der Waals surface area contributed by atoms with Crippen LogP contribution in [0, 0.1) is 0 Å². The maximum absolute atomic E-state index is 12.7. The van der Waals surface area contributed by atoms with Gasteiger partial charge in [0.05, 0.1) is 4.90 Å². The fourth-order valence-electron chi connectivity index (χ4n) is 2.11. The molecule has 2 rings (SSSR count). The Morgan fingerprint density at radius 3 is 2.70 bits per heavy atom. The molecule has 1 N–H and O–H groups in total. The standard InChI is InChI=1S/C14H24N2O2S2/c1-4-7-16(12-5-6-12)20(17,18)14-8-13(19-10-14)9-15-11(2)3/h8,10-12,15H,4-7,9H2,1-3H3. The van der Waals surface area contributed by atoms with Crippen LogP contribution < -0.4 is 5.32 Å². The molecule has 1 aromatic rings. The molecule has 4 nitrogen and oxygen atoms in total. The van der Waals surface area contributed by atoms with Crippen LogP contribution in [-0.4, -0.2) is 31.4 Å². The van der Waals surface area contributed by atoms with Crippen LogP contribution in [0.25, 0.3) is 0 Å². The van der Waals surface area contributed by atoms with Crippen molar-refractivity contribution >= 4 is 21.4 Å². The van der Waals surface area contributed by atoms with Crippen molar-refractivity contribution in [3.63, 3.8) is 0 Å². The molecule has 1 fully saturated rings. The van der Waals surface area contributed by atoms with E-state index in [0.29, 0.717) is 17.5 Å². The molecule has 0 radical (unpaired) electrons. The predicted molar refractivity (Wildman–Crippen MR) is 83.5 cm³/mol. The summed E-state index contributed by atoms with van der Waals surface area (Å²) in [5.41, 5.74) is 0. The highest BCUT2D eigenvalue weighted by Crippen LogP contribution is 2.33. The Hall–Kier alpha value is -0.430. The van der Waals surface area contributed by atoms with E-state index in [9.17, 15) is 8.42 Å². The van der Waals surface area contributed by atoms with Gasteiger partial charge in [-0.25, -0.2) is 8.42 Å². The lowest BCUT2D eigenvalue weighted by Gasteiger charge is -2.20. The van der Waals surface area contributed by atoms with E-state index in [1.54, 1.807) is 9.69 Å². The van der Waals surface area contributed by atoms with E-state index in [0.717, 1.165) is 30.7 Å². The van der Waals surface area contributed by atoms with E-state index in [1.807, 2.05) is 13.0 Å². The third-order valence-corrected chi connectivity index (χ3v) is 6.33. The lowest BCUT2D eigenvalue weighted by Crippen LogP contribution is -2.33. The van der Waals surface area contributed by atoms with Crippen molar-refractivity contribution in [2.45, 2.75) is 63.6 Å². The number of rotatable bonds is 8. The summed E-state index contributed by atoms with van der Waals surface area (Å²) in [6.45, 7) is 7.55. The Kier molecular flexibility index (Phi) is 5.23. The van der Waals surface area contributed by atoms with Crippen LogP contribution in [0.3, 0.4) is 0 Å². The summed E-state index contributed by atoms with van der Waals surface area (Å²) in [6.07, 6.45) is 2.87. The second-order valence-corrected chi connectivity index (χ2v) is 8.52. The van der Waals surface area contributed by atoms with Gasteiger partial charge in [-0.3, -0.25) is 0 Å². The molecule has 6 heteroatoms. The van der Waals surface area contributed by atoms with Crippen LogP contribution in [0.2, 0.25) is 0 Å². The van der Waals surface area contributed by atoms with Gasteiger partial charge in [-0.2, -0.15) is 4.31 Å². The predicted octanol–water partition coefficient (Wildman–Crippen LogP) is 2.81. The Labute approximate surface area is 126 Å². The maximum atomic E-state index is 12.7. The first-order chi connectivity index (χ1) is 9.45. The van der Waals surface area contributed by atoms with E-state index >= 15 is 0 Å². The molecule has 1 aromatic heterocycles. The monoisotopic (exact) mass is 316 g/mol. The first-order valence-electron chi connectivity index (χ1n) is 7.27. The second kappa shape index (κ2) is 6.56. The van der Waals surface area contributed by atoms with Gasteiger partial charge in [0.2, 0.25) is 10.0 Å². The minimum absolute atomic E-state index is 0.233. The largest absolute Gasteiger partial charge is 0.310 e. The lowest BCUT2D eigenvalue weighted by atomic mass is 10.4. The summed E-state index contributed by atoms with van der Waals surface area (Å²) in [5.74, 6) is 0. The quantitative estimate of drug-likeness (QED) is 0.802. The van der Waals surface area contributed by atoms with Gasteiger partial charge in [-0.05, 0) is 25.3 Å². The van der Waals surface area contributed by atoms with E-state index in [1.165, 1.54) is 11.3 Å². The van der Waals surface area contributed by atoms with Crippen LogP contribution in [0.4, 0.5) is 0 Å². The number of nitrogens with zero attached hydrogens (tertiary/aromatic N) is 1. The Balaban J connectivity index is 2.12. The van der Waals surface area contributed by atoms with Gasteiger partial charge < -0.3 is 5.32 Å². The summed E-state index contributed by atoms with van der Waals surface area (Å²) in [7, 11) is -3.30. The zero-order chi connectivity index (χ0) is 14.8. The van der Waals surface area contributed by atoms with Crippen molar-refractivity contribution in [2.75, 3.05) is 6.54 Å². The summed E-state index contributed by atoms with van der Waals surface area (Å²) >= 11 is 1.52. The van der Waals surface area contributed by atoms with Crippen LogP contribution in [0.15, 0.2) is 16.3 Å². The number of hydrogen-bond acceptors (Lipinski definition) is 4. The molecule has 1 aliphatic carbocycles. The fraction of sp³-hybridized carbons (Fsp3) is 0.714. The summed E-state index contributed by atoms with van der Waals surface area (Å²) in [6, 6.07) is 2.46. The average Bonchev–Trinajstić information content (AvgIpc) is 3.09. The number of hydrogen-bond donors (Lipinski definition) is 1. The summed E-state index contributed by atoms with van der Waals surface area (Å²) < 4.78 is 27.0. The second-order valence-electron chi connectivity index (χ2n) is 5.63. The highest BCUT2D eigenvalue weighted by molar-refractivity contribution is 7.89. The Morgan fingerprint density at radius 2 is 2.15 bits per heavy atom. The van der Waals surface area contributed by atoms with Gasteiger partial charge >= 0.3 is 0 Å². The molecule has 20 heavy (non-hydrogen) atoms. The molecule has 0 saturated heterocycles. The van der Waals surface area contributed by atoms with E-state index < -0.39 is 10.0 Å². The van der Waals surface area contributed by atoms with Gasteiger partial charge in [0.25, 0.3) is 0 Å². The van der Waals surface area contributed by atoms with Crippen LogP contribution >= 0.6 is 11.3 Å². The molecular weight excluding hydrogens is 292 g/mol. The van der Waals surface area contributed by atoms with Crippen LogP contribution in [0.5, 0.6) is 0 Å². The molecule has 0 unspecified atom stereocenters. The first kappa shape index (κ1) is 15.9. The normalized spacial score (nSPS) is 16.2. The minimum Gasteiger partial charge on any atom is -0.310 e. The van der Waals surface area contributed by atoms with Crippen molar-refractivity contribution in [3.8, 4) is 0 Å². The summed E-state index contributed by atoms with van der Waals surface area (Å²) in [5, 5.41) is 5.09. The number of nitrogens with one attached hydrogen (secondary N) is 1. The lowest BCUT2D eigenvalue weighted by molar-refractivity contribution is 0.403. The molecule has 0 atom stereocenters.